The fourth-order valence-corrected chi connectivity index (χ4v) is 2.69. The predicted molar refractivity (Wildman–Crippen MR) is 71.8 cm³/mol. The van der Waals surface area contributed by atoms with Gasteiger partial charge < -0.3 is 55.1 Å². The maximum atomic E-state index is 10.1. The van der Waals surface area contributed by atoms with Crippen LogP contribution in [0.1, 0.15) is 0 Å². The molecule has 12 heteroatoms. The lowest BCUT2D eigenvalue weighted by molar-refractivity contribution is -0.406. The van der Waals surface area contributed by atoms with Gasteiger partial charge in [-0.3, -0.25) is 5.73 Å². The minimum atomic E-state index is -2.70. The molecule has 0 aromatic heterocycles. The molecule has 2 heterocycles. The van der Waals surface area contributed by atoms with E-state index in [-0.39, 0.29) is 0 Å². The number of rotatable bonds is 5. The summed E-state index contributed by atoms with van der Waals surface area (Å²) in [5.41, 5.74) is 2.80. The third-order valence-electron chi connectivity index (χ3n) is 4.25. The van der Waals surface area contributed by atoms with Gasteiger partial charge >= 0.3 is 0 Å². The molecule has 1 unspecified atom stereocenters. The molecule has 0 amide bonds. The zero-order valence-electron chi connectivity index (χ0n) is 12.5. The summed E-state index contributed by atoms with van der Waals surface area (Å²) in [6.45, 7) is -2.49. The fraction of sp³-hybridized carbons (Fsp3) is 1.00. The van der Waals surface area contributed by atoms with Crippen LogP contribution in [-0.4, -0.2) is 115 Å². The lowest BCUT2D eigenvalue weighted by atomic mass is 9.94. The fourth-order valence-electron chi connectivity index (χ4n) is 2.69. The van der Waals surface area contributed by atoms with E-state index < -0.39 is 74.2 Å². The first kappa shape index (κ1) is 19.8. The summed E-state index contributed by atoms with van der Waals surface area (Å²) in [7, 11) is 0. The van der Waals surface area contributed by atoms with Gasteiger partial charge in [-0.05, 0) is 0 Å². The average Bonchev–Trinajstić information content (AvgIpc) is 2.81. The molecule has 0 aliphatic carbocycles. The molecule has 0 bridgehead atoms. The molecule has 0 aromatic rings. The van der Waals surface area contributed by atoms with E-state index in [4.69, 9.17) is 30.2 Å². The summed E-state index contributed by atoms with van der Waals surface area (Å²) in [6, 6.07) is 0. The molecule has 2 rings (SSSR count). The first-order chi connectivity index (χ1) is 11.1. The van der Waals surface area contributed by atoms with Crippen molar-refractivity contribution in [3.63, 3.8) is 0 Å². The van der Waals surface area contributed by atoms with Crippen LogP contribution < -0.4 is 5.73 Å². The lowest BCUT2D eigenvalue weighted by Crippen LogP contribution is -2.73. The van der Waals surface area contributed by atoms with Crippen molar-refractivity contribution in [3.8, 4) is 0 Å². The highest BCUT2D eigenvalue weighted by atomic mass is 16.8. The molecule has 2 aliphatic heterocycles. The SMILES string of the molecule is N[C@]1(O)[C@@H](OC2(CO)O[C@H](CO)[C@@H](O)[C@@H]2O)O[C@H](CO)[C@@H](O)[C@@H]1O. The number of hydrogen-bond donors (Lipinski definition) is 9. The maximum absolute atomic E-state index is 10.1. The van der Waals surface area contributed by atoms with Gasteiger partial charge in [-0.15, -0.1) is 0 Å². The smallest absolute Gasteiger partial charge is 0.224 e. The molecule has 0 spiro atoms. The van der Waals surface area contributed by atoms with Gasteiger partial charge in [-0.2, -0.15) is 0 Å². The minimum absolute atomic E-state index is 0.706. The van der Waals surface area contributed by atoms with Crippen molar-refractivity contribution in [1.29, 1.82) is 0 Å². The maximum Gasteiger partial charge on any atom is 0.224 e. The molecule has 0 saturated carbocycles. The lowest BCUT2D eigenvalue weighted by Gasteiger charge is -2.47. The summed E-state index contributed by atoms with van der Waals surface area (Å²) in [5.74, 6) is -2.33. The quantitative estimate of drug-likeness (QED) is 0.210. The second kappa shape index (κ2) is 7.03. The van der Waals surface area contributed by atoms with Gasteiger partial charge in [0.05, 0.1) is 13.2 Å². The van der Waals surface area contributed by atoms with Crippen molar-refractivity contribution >= 4 is 0 Å². The standard InChI is InChI=1S/C12H23NO11/c13-12(21)9(20)6(17)4(1-14)22-10(12)24-11(3-16)8(19)7(18)5(2-15)23-11/h4-10,14-21H,1-3,13H2/t4-,5-,6-,7-,8+,9+,10-,11?,12-/m1/s1. The monoisotopic (exact) mass is 357 g/mol. The highest BCUT2D eigenvalue weighted by Crippen LogP contribution is 2.37. The van der Waals surface area contributed by atoms with Crippen LogP contribution in [0.4, 0.5) is 0 Å². The zero-order valence-corrected chi connectivity index (χ0v) is 12.5. The Morgan fingerprint density at radius 2 is 1.46 bits per heavy atom. The van der Waals surface area contributed by atoms with E-state index in [1.807, 2.05) is 0 Å². The summed E-state index contributed by atoms with van der Waals surface area (Å²) in [5, 5.41) is 77.3. The Kier molecular flexibility index (Phi) is 5.81. The molecule has 24 heavy (non-hydrogen) atoms. The zero-order chi connectivity index (χ0) is 18.3. The van der Waals surface area contributed by atoms with Crippen molar-refractivity contribution in [2.75, 3.05) is 19.8 Å². The Bertz CT molecular complexity index is 437. The van der Waals surface area contributed by atoms with Crippen LogP contribution in [0.2, 0.25) is 0 Å². The molecule has 9 atom stereocenters. The largest absolute Gasteiger partial charge is 0.394 e. The molecule has 10 N–H and O–H groups in total. The first-order valence-corrected chi connectivity index (χ1v) is 7.21. The summed E-state index contributed by atoms with van der Waals surface area (Å²) < 4.78 is 15.4. The summed E-state index contributed by atoms with van der Waals surface area (Å²) >= 11 is 0. The summed E-state index contributed by atoms with van der Waals surface area (Å²) in [6.07, 6.45) is -11.9. The molecular formula is C12H23NO11. The molecule has 0 aromatic carbocycles. The number of hydrogen-bond acceptors (Lipinski definition) is 12. The van der Waals surface area contributed by atoms with E-state index in [2.05, 4.69) is 0 Å². The van der Waals surface area contributed by atoms with Gasteiger partial charge in [0.15, 0.2) is 5.72 Å². The van der Waals surface area contributed by atoms with Crippen LogP contribution in [0.5, 0.6) is 0 Å². The molecule has 2 fully saturated rings. The topological polar surface area (TPSA) is 216 Å². The normalized spacial score (nSPS) is 52.6. The Morgan fingerprint density at radius 3 is 1.92 bits per heavy atom. The van der Waals surface area contributed by atoms with E-state index in [1.165, 1.54) is 0 Å². The average molecular weight is 357 g/mol. The van der Waals surface area contributed by atoms with Gasteiger partial charge in [0.2, 0.25) is 12.1 Å². The number of nitrogens with two attached hydrogens (primary N) is 1. The van der Waals surface area contributed by atoms with E-state index >= 15 is 0 Å². The molecule has 12 nitrogen and oxygen atoms in total. The Hall–Kier alpha value is -0.480. The van der Waals surface area contributed by atoms with Gasteiger partial charge in [-0.1, -0.05) is 0 Å². The second-order valence-electron chi connectivity index (χ2n) is 5.87. The number of aliphatic hydroxyl groups excluding tert-OH is 7. The minimum Gasteiger partial charge on any atom is -0.394 e. The van der Waals surface area contributed by atoms with E-state index in [0.29, 0.717) is 0 Å². The van der Waals surface area contributed by atoms with Crippen LogP contribution in [0, 0.1) is 0 Å². The molecule has 2 aliphatic rings. The Labute approximate surface area is 136 Å². The van der Waals surface area contributed by atoms with Crippen LogP contribution in [0.25, 0.3) is 0 Å². The van der Waals surface area contributed by atoms with Gasteiger partial charge in [0.25, 0.3) is 0 Å². The second-order valence-corrected chi connectivity index (χ2v) is 5.87. The molecule has 142 valence electrons. The molecule has 0 radical (unpaired) electrons. The Morgan fingerprint density at radius 1 is 0.917 bits per heavy atom. The van der Waals surface area contributed by atoms with Crippen LogP contribution in [0.3, 0.4) is 0 Å². The molecule has 2 saturated heterocycles. The highest BCUT2D eigenvalue weighted by molar-refractivity contribution is 5.01. The third kappa shape index (κ3) is 3.05. The van der Waals surface area contributed by atoms with Crippen molar-refractivity contribution in [3.05, 3.63) is 0 Å². The highest BCUT2D eigenvalue weighted by Gasteiger charge is 2.61. The van der Waals surface area contributed by atoms with Gasteiger partial charge in [0, 0.05) is 0 Å². The number of ether oxygens (including phenoxy) is 3. The van der Waals surface area contributed by atoms with Crippen LogP contribution in [-0.2, 0) is 14.2 Å². The van der Waals surface area contributed by atoms with Crippen molar-refractivity contribution in [2.45, 2.75) is 54.4 Å². The van der Waals surface area contributed by atoms with E-state index in [1.54, 1.807) is 0 Å². The Balaban J connectivity index is 2.26. The predicted octanol–water partition coefficient (Wildman–Crippen LogP) is -6.11. The number of aliphatic hydroxyl groups is 8. The van der Waals surface area contributed by atoms with Gasteiger partial charge in [-0.25, -0.2) is 0 Å². The van der Waals surface area contributed by atoms with Crippen molar-refractivity contribution in [1.82, 2.24) is 0 Å². The first-order valence-electron chi connectivity index (χ1n) is 7.21. The van der Waals surface area contributed by atoms with Crippen LogP contribution in [0.15, 0.2) is 0 Å². The van der Waals surface area contributed by atoms with Gasteiger partial charge in [0.1, 0.15) is 43.2 Å². The molecular weight excluding hydrogens is 334 g/mol. The van der Waals surface area contributed by atoms with E-state index in [0.717, 1.165) is 0 Å². The van der Waals surface area contributed by atoms with Crippen LogP contribution >= 0.6 is 0 Å². The third-order valence-corrected chi connectivity index (χ3v) is 4.25. The van der Waals surface area contributed by atoms with Crippen molar-refractivity contribution < 1.29 is 55.1 Å². The van der Waals surface area contributed by atoms with E-state index in [9.17, 15) is 30.6 Å². The summed E-state index contributed by atoms with van der Waals surface area (Å²) in [4.78, 5) is 0. The van der Waals surface area contributed by atoms with Crippen molar-refractivity contribution in [2.24, 2.45) is 5.73 Å².